The van der Waals surface area contributed by atoms with E-state index in [-0.39, 0.29) is 11.5 Å². The monoisotopic (exact) mass is 352 g/mol. The first-order valence-corrected chi connectivity index (χ1v) is 8.60. The fraction of sp³-hybridized carbons (Fsp3) is 0.684. The fourth-order valence-electron chi connectivity index (χ4n) is 2.54. The van der Waals surface area contributed by atoms with Crippen LogP contribution in [-0.2, 0) is 14.3 Å². The first-order chi connectivity index (χ1) is 11.3. The summed E-state index contributed by atoms with van der Waals surface area (Å²) in [5.74, 6) is -0.468. The van der Waals surface area contributed by atoms with E-state index in [4.69, 9.17) is 9.47 Å². The molecular formula is C19H32N2O4. The van der Waals surface area contributed by atoms with Crippen LogP contribution in [0.5, 0.6) is 0 Å². The van der Waals surface area contributed by atoms with Crippen molar-refractivity contribution < 1.29 is 19.1 Å². The van der Waals surface area contributed by atoms with Gasteiger partial charge in [-0.05, 0) is 47.1 Å². The highest BCUT2D eigenvalue weighted by Crippen LogP contribution is 2.35. The lowest BCUT2D eigenvalue weighted by Crippen LogP contribution is -2.39. The molecule has 0 unspecified atom stereocenters. The van der Waals surface area contributed by atoms with Crippen LogP contribution in [0.25, 0.3) is 0 Å². The summed E-state index contributed by atoms with van der Waals surface area (Å²) in [6.45, 7) is 15.4. The standard InChI is InChI=1S/C19H32N2O4/c1-12(2)24-16(22)14-10-21(17(23)25-18(4,5)6)11-19(7,8)13(3)15(14)20-9/h10,12,20H,11H2,1-9H3. The molecule has 6 heteroatoms. The molecule has 0 aromatic heterocycles. The first kappa shape index (κ1) is 21.1. The van der Waals surface area contributed by atoms with E-state index >= 15 is 0 Å². The Labute approximate surface area is 151 Å². The second kappa shape index (κ2) is 7.50. The summed E-state index contributed by atoms with van der Waals surface area (Å²) in [5, 5.41) is 3.09. The zero-order valence-electron chi connectivity index (χ0n) is 16.9. The number of rotatable bonds is 3. The third-order valence-corrected chi connectivity index (χ3v) is 3.95. The SMILES string of the molecule is CNC1=C(C)C(C)(C)CN(C(=O)OC(C)(C)C)C=C1C(=O)OC(C)C. The highest BCUT2D eigenvalue weighted by Gasteiger charge is 2.35. The van der Waals surface area contributed by atoms with Gasteiger partial charge >= 0.3 is 12.1 Å². The van der Waals surface area contributed by atoms with Gasteiger partial charge in [0.1, 0.15) is 5.60 Å². The molecule has 0 saturated heterocycles. The Morgan fingerprint density at radius 2 is 1.84 bits per heavy atom. The zero-order chi connectivity index (χ0) is 19.6. The van der Waals surface area contributed by atoms with Crippen LogP contribution in [-0.4, -0.2) is 42.3 Å². The lowest BCUT2D eigenvalue weighted by Gasteiger charge is -2.31. The Kier molecular flexibility index (Phi) is 6.32. The number of nitrogens with one attached hydrogen (secondary N) is 1. The Bertz CT molecular complexity index is 595. The van der Waals surface area contributed by atoms with E-state index in [1.807, 2.05) is 41.5 Å². The number of hydrogen-bond donors (Lipinski definition) is 1. The third kappa shape index (κ3) is 5.51. The minimum Gasteiger partial charge on any atom is -0.459 e. The summed E-state index contributed by atoms with van der Waals surface area (Å²) in [6.07, 6.45) is 0.793. The van der Waals surface area contributed by atoms with E-state index in [1.165, 1.54) is 11.1 Å². The Morgan fingerprint density at radius 3 is 2.28 bits per heavy atom. The van der Waals surface area contributed by atoms with Crippen molar-refractivity contribution in [1.82, 2.24) is 10.2 Å². The van der Waals surface area contributed by atoms with Crippen LogP contribution in [0.3, 0.4) is 0 Å². The molecule has 1 aliphatic heterocycles. The molecule has 0 aliphatic carbocycles. The van der Waals surface area contributed by atoms with E-state index in [1.54, 1.807) is 20.9 Å². The van der Waals surface area contributed by atoms with Crippen molar-refractivity contribution in [1.29, 1.82) is 0 Å². The molecular weight excluding hydrogens is 320 g/mol. The molecule has 0 aromatic rings. The van der Waals surface area contributed by atoms with Gasteiger partial charge in [0.25, 0.3) is 0 Å². The number of amides is 1. The van der Waals surface area contributed by atoms with Crippen molar-refractivity contribution in [3.63, 3.8) is 0 Å². The normalized spacial score (nSPS) is 17.8. The summed E-state index contributed by atoms with van der Waals surface area (Å²) < 4.78 is 10.9. The van der Waals surface area contributed by atoms with Crippen LogP contribution in [0.2, 0.25) is 0 Å². The molecule has 0 saturated carbocycles. The van der Waals surface area contributed by atoms with Crippen molar-refractivity contribution in [3.05, 3.63) is 23.0 Å². The summed E-state index contributed by atoms with van der Waals surface area (Å²) in [7, 11) is 1.76. The lowest BCUT2D eigenvalue weighted by molar-refractivity contribution is -0.142. The summed E-state index contributed by atoms with van der Waals surface area (Å²) >= 11 is 0. The number of esters is 1. The first-order valence-electron chi connectivity index (χ1n) is 8.60. The van der Waals surface area contributed by atoms with Crippen molar-refractivity contribution in [3.8, 4) is 0 Å². The van der Waals surface area contributed by atoms with Gasteiger partial charge in [0.15, 0.2) is 0 Å². The molecule has 6 nitrogen and oxygen atoms in total. The molecule has 25 heavy (non-hydrogen) atoms. The van der Waals surface area contributed by atoms with Crippen LogP contribution in [0.15, 0.2) is 23.0 Å². The van der Waals surface area contributed by atoms with Crippen molar-refractivity contribution >= 4 is 12.1 Å². The average Bonchev–Trinajstić information content (AvgIpc) is 2.51. The van der Waals surface area contributed by atoms with Crippen molar-refractivity contribution in [2.24, 2.45) is 5.41 Å². The van der Waals surface area contributed by atoms with Gasteiger partial charge in [-0.2, -0.15) is 0 Å². The van der Waals surface area contributed by atoms with Gasteiger partial charge in [0.2, 0.25) is 0 Å². The lowest BCUT2D eigenvalue weighted by atomic mass is 9.83. The molecule has 0 fully saturated rings. The van der Waals surface area contributed by atoms with Gasteiger partial charge in [0.05, 0.1) is 11.7 Å². The van der Waals surface area contributed by atoms with Gasteiger partial charge in [0, 0.05) is 30.9 Å². The maximum atomic E-state index is 12.6. The number of carbonyl (C=O) groups excluding carboxylic acids is 2. The van der Waals surface area contributed by atoms with Gasteiger partial charge in [-0.25, -0.2) is 9.59 Å². The maximum absolute atomic E-state index is 12.6. The molecule has 0 aromatic carbocycles. The quantitative estimate of drug-likeness (QED) is 0.786. The van der Waals surface area contributed by atoms with Gasteiger partial charge in [-0.3, -0.25) is 4.90 Å². The molecule has 0 atom stereocenters. The second-order valence-electron chi connectivity index (χ2n) is 8.24. The summed E-state index contributed by atoms with van der Waals surface area (Å²) in [6, 6.07) is 0. The van der Waals surface area contributed by atoms with Gasteiger partial charge in [-0.1, -0.05) is 13.8 Å². The van der Waals surface area contributed by atoms with Crippen LogP contribution in [0, 0.1) is 5.41 Å². The Balaban J connectivity index is 3.38. The number of nitrogens with zero attached hydrogens (tertiary/aromatic N) is 1. The molecule has 0 bridgehead atoms. The smallest absolute Gasteiger partial charge is 0.414 e. The molecule has 1 aliphatic rings. The van der Waals surface area contributed by atoms with Crippen LogP contribution in [0.4, 0.5) is 4.79 Å². The van der Waals surface area contributed by atoms with E-state index in [9.17, 15) is 9.59 Å². The summed E-state index contributed by atoms with van der Waals surface area (Å²) in [5.41, 5.74) is 1.03. The zero-order valence-corrected chi connectivity index (χ0v) is 16.9. The largest absolute Gasteiger partial charge is 0.459 e. The Hall–Kier alpha value is -1.98. The summed E-state index contributed by atoms with van der Waals surface area (Å²) in [4.78, 5) is 26.7. The van der Waals surface area contributed by atoms with E-state index in [2.05, 4.69) is 5.32 Å². The molecule has 1 rings (SSSR count). The second-order valence-corrected chi connectivity index (χ2v) is 8.24. The van der Waals surface area contributed by atoms with Crippen molar-refractivity contribution in [2.45, 2.75) is 67.1 Å². The van der Waals surface area contributed by atoms with E-state index < -0.39 is 17.7 Å². The topological polar surface area (TPSA) is 67.9 Å². The van der Waals surface area contributed by atoms with Crippen LogP contribution >= 0.6 is 0 Å². The molecule has 1 heterocycles. The van der Waals surface area contributed by atoms with Crippen molar-refractivity contribution in [2.75, 3.05) is 13.6 Å². The minimum atomic E-state index is -0.617. The number of carbonyl (C=O) groups is 2. The van der Waals surface area contributed by atoms with Crippen LogP contribution in [0.1, 0.15) is 55.4 Å². The third-order valence-electron chi connectivity index (χ3n) is 3.95. The minimum absolute atomic E-state index is 0.252. The Morgan fingerprint density at radius 1 is 1.28 bits per heavy atom. The molecule has 0 spiro atoms. The average molecular weight is 352 g/mol. The number of ether oxygens (including phenoxy) is 2. The fourth-order valence-corrected chi connectivity index (χ4v) is 2.54. The maximum Gasteiger partial charge on any atom is 0.414 e. The number of hydrogen-bond acceptors (Lipinski definition) is 5. The predicted molar refractivity (Wildman–Crippen MR) is 97.8 cm³/mol. The van der Waals surface area contributed by atoms with E-state index in [0.29, 0.717) is 17.8 Å². The highest BCUT2D eigenvalue weighted by atomic mass is 16.6. The molecule has 1 amide bonds. The molecule has 142 valence electrons. The van der Waals surface area contributed by atoms with E-state index in [0.717, 1.165) is 5.57 Å². The van der Waals surface area contributed by atoms with Gasteiger partial charge in [-0.15, -0.1) is 0 Å². The van der Waals surface area contributed by atoms with Gasteiger partial charge < -0.3 is 14.8 Å². The van der Waals surface area contributed by atoms with Crippen LogP contribution < -0.4 is 5.32 Å². The predicted octanol–water partition coefficient (Wildman–Crippen LogP) is 3.59. The number of likely N-dealkylation sites (N-methyl/N-ethyl adjacent to an activating group) is 1. The molecule has 0 radical (unpaired) electrons. The highest BCUT2D eigenvalue weighted by molar-refractivity contribution is 5.94. The molecule has 1 N–H and O–H groups in total.